The third-order valence-corrected chi connectivity index (χ3v) is 4.55. The Hall–Kier alpha value is -1.06. The second kappa shape index (κ2) is 3.72. The van der Waals surface area contributed by atoms with E-state index in [9.17, 15) is 9.59 Å². The molecule has 0 bridgehead atoms. The fourth-order valence-electron chi connectivity index (χ4n) is 3.11. The first-order valence-electron chi connectivity index (χ1n) is 6.73. The summed E-state index contributed by atoms with van der Waals surface area (Å²) in [4.78, 5) is 28.4. The maximum atomic E-state index is 12.5. The molecule has 0 spiro atoms. The maximum absolute atomic E-state index is 12.5. The lowest BCUT2D eigenvalue weighted by Gasteiger charge is -2.36. The van der Waals surface area contributed by atoms with Crippen molar-refractivity contribution < 1.29 is 9.59 Å². The third-order valence-electron chi connectivity index (χ3n) is 4.55. The lowest BCUT2D eigenvalue weighted by molar-refractivity contribution is -0.144. The van der Waals surface area contributed by atoms with Crippen LogP contribution in [-0.2, 0) is 9.59 Å². The minimum absolute atomic E-state index is 0.0603. The summed E-state index contributed by atoms with van der Waals surface area (Å²) in [5.74, 6) is 0.380. The Morgan fingerprint density at radius 1 is 1.18 bits per heavy atom. The summed E-state index contributed by atoms with van der Waals surface area (Å²) in [7, 11) is 0. The zero-order valence-corrected chi connectivity index (χ0v) is 10.4. The molecular weight excluding hydrogens is 216 g/mol. The molecule has 3 aliphatic rings. The smallest absolute Gasteiger partial charge is 0.245 e. The van der Waals surface area contributed by atoms with Crippen LogP contribution in [0.15, 0.2) is 0 Å². The summed E-state index contributed by atoms with van der Waals surface area (Å²) in [5, 5.41) is 0. The zero-order valence-electron chi connectivity index (χ0n) is 10.4. The number of piperidine rings is 1. The molecule has 2 saturated heterocycles. The molecule has 0 aromatic heterocycles. The molecule has 94 valence electrons. The van der Waals surface area contributed by atoms with E-state index in [2.05, 4.69) is 6.92 Å². The van der Waals surface area contributed by atoms with Crippen molar-refractivity contribution in [1.82, 2.24) is 9.80 Å². The lowest BCUT2D eigenvalue weighted by atomic mass is 10.0. The minimum Gasteiger partial charge on any atom is -0.335 e. The van der Waals surface area contributed by atoms with Gasteiger partial charge in [-0.25, -0.2) is 0 Å². The molecule has 0 aromatic rings. The summed E-state index contributed by atoms with van der Waals surface area (Å²) >= 11 is 0. The predicted molar refractivity (Wildman–Crippen MR) is 63.3 cm³/mol. The van der Waals surface area contributed by atoms with Crippen LogP contribution in [0, 0.1) is 0 Å². The van der Waals surface area contributed by atoms with Gasteiger partial charge in [-0.2, -0.15) is 0 Å². The summed E-state index contributed by atoms with van der Waals surface area (Å²) in [6.45, 7) is 3.55. The number of fused-ring (bicyclic) bond motifs is 1. The summed E-state index contributed by atoms with van der Waals surface area (Å²) in [6.07, 6.45) is 5.69. The van der Waals surface area contributed by atoms with Crippen LogP contribution in [0.3, 0.4) is 0 Å². The molecule has 0 radical (unpaired) electrons. The number of hydrogen-bond donors (Lipinski definition) is 0. The molecule has 3 rings (SSSR count). The predicted octanol–water partition coefficient (Wildman–Crippen LogP) is 1.15. The molecule has 2 amide bonds. The van der Waals surface area contributed by atoms with Crippen molar-refractivity contribution >= 4 is 11.8 Å². The van der Waals surface area contributed by atoms with Crippen molar-refractivity contribution in [1.29, 1.82) is 0 Å². The lowest BCUT2D eigenvalue weighted by Crippen LogP contribution is -2.52. The van der Waals surface area contributed by atoms with E-state index in [1.54, 1.807) is 0 Å². The second-order valence-electron chi connectivity index (χ2n) is 5.84. The van der Waals surface area contributed by atoms with Gasteiger partial charge < -0.3 is 9.80 Å². The van der Waals surface area contributed by atoms with Crippen molar-refractivity contribution in [2.45, 2.75) is 57.0 Å². The number of hydrogen-bond acceptors (Lipinski definition) is 2. The second-order valence-corrected chi connectivity index (χ2v) is 5.84. The van der Waals surface area contributed by atoms with Crippen LogP contribution < -0.4 is 0 Å². The van der Waals surface area contributed by atoms with Gasteiger partial charge in [0.25, 0.3) is 0 Å². The molecular formula is C13H20N2O2. The highest BCUT2D eigenvalue weighted by Crippen LogP contribution is 2.42. The normalized spacial score (nSPS) is 32.2. The molecule has 1 aliphatic carbocycles. The van der Waals surface area contributed by atoms with E-state index in [4.69, 9.17) is 0 Å². The van der Waals surface area contributed by atoms with Gasteiger partial charge in [-0.15, -0.1) is 0 Å². The van der Waals surface area contributed by atoms with E-state index in [-0.39, 0.29) is 23.4 Å². The topological polar surface area (TPSA) is 40.6 Å². The van der Waals surface area contributed by atoms with Crippen LogP contribution in [0.1, 0.15) is 45.4 Å². The quantitative estimate of drug-likeness (QED) is 0.685. The fraction of sp³-hybridized carbons (Fsp3) is 0.846. The molecule has 4 nitrogen and oxygen atoms in total. The largest absolute Gasteiger partial charge is 0.335 e. The molecule has 4 heteroatoms. The first-order valence-corrected chi connectivity index (χ1v) is 6.73. The molecule has 1 saturated carbocycles. The fourth-order valence-corrected chi connectivity index (χ4v) is 3.11. The van der Waals surface area contributed by atoms with Crippen molar-refractivity contribution in [2.24, 2.45) is 0 Å². The highest BCUT2D eigenvalue weighted by molar-refractivity contribution is 5.90. The van der Waals surface area contributed by atoms with Gasteiger partial charge in [0, 0.05) is 25.0 Å². The number of amides is 2. The van der Waals surface area contributed by atoms with Gasteiger partial charge in [-0.3, -0.25) is 9.59 Å². The van der Waals surface area contributed by atoms with Crippen molar-refractivity contribution in [3.05, 3.63) is 0 Å². The first-order chi connectivity index (χ1) is 8.12. The van der Waals surface area contributed by atoms with E-state index in [0.29, 0.717) is 13.0 Å². The average molecular weight is 236 g/mol. The molecule has 2 heterocycles. The average Bonchev–Trinajstić information content (AvgIpc) is 3.08. The minimum atomic E-state index is -0.156. The summed E-state index contributed by atoms with van der Waals surface area (Å²) < 4.78 is 0. The molecule has 3 fully saturated rings. The Bertz CT molecular complexity index is 362. The van der Waals surface area contributed by atoms with E-state index in [0.717, 1.165) is 38.6 Å². The first kappa shape index (κ1) is 11.1. The van der Waals surface area contributed by atoms with E-state index in [1.165, 1.54) is 0 Å². The molecule has 17 heavy (non-hydrogen) atoms. The van der Waals surface area contributed by atoms with Crippen LogP contribution in [0.4, 0.5) is 0 Å². The van der Waals surface area contributed by atoms with E-state index >= 15 is 0 Å². The summed E-state index contributed by atoms with van der Waals surface area (Å²) in [5.41, 5.74) is 0.0603. The van der Waals surface area contributed by atoms with E-state index < -0.39 is 0 Å². The van der Waals surface area contributed by atoms with E-state index in [1.807, 2.05) is 9.80 Å². The standard InChI is InChI=1S/C13H20N2O2/c1-13(6-7-13)15-9-5-11(16)14-8-3-2-4-10(14)12(15)17/h10H,2-9H2,1H3. The number of carbonyl (C=O) groups excluding carboxylic acids is 2. The third kappa shape index (κ3) is 1.74. The zero-order chi connectivity index (χ0) is 12.0. The van der Waals surface area contributed by atoms with Gasteiger partial charge in [-0.05, 0) is 39.0 Å². The van der Waals surface area contributed by atoms with Gasteiger partial charge in [0.05, 0.1) is 0 Å². The highest BCUT2D eigenvalue weighted by Gasteiger charge is 2.49. The monoisotopic (exact) mass is 236 g/mol. The Balaban J connectivity index is 1.87. The van der Waals surface area contributed by atoms with Gasteiger partial charge in [-0.1, -0.05) is 0 Å². The molecule has 1 atom stereocenters. The van der Waals surface area contributed by atoms with Gasteiger partial charge in [0.15, 0.2) is 0 Å². The van der Waals surface area contributed by atoms with Crippen LogP contribution >= 0.6 is 0 Å². The van der Waals surface area contributed by atoms with Crippen LogP contribution in [0.5, 0.6) is 0 Å². The highest BCUT2D eigenvalue weighted by atomic mass is 16.2. The molecule has 2 aliphatic heterocycles. The van der Waals surface area contributed by atoms with Crippen LogP contribution in [0.2, 0.25) is 0 Å². The SMILES string of the molecule is CC1(N2CCC(=O)N3CCCCC3C2=O)CC1. The summed E-state index contributed by atoms with van der Waals surface area (Å²) in [6, 6.07) is -0.156. The molecule has 0 N–H and O–H groups in total. The van der Waals surface area contributed by atoms with Gasteiger partial charge >= 0.3 is 0 Å². The Kier molecular flexibility index (Phi) is 2.42. The van der Waals surface area contributed by atoms with Crippen LogP contribution in [-0.4, -0.2) is 46.3 Å². The van der Waals surface area contributed by atoms with Crippen LogP contribution in [0.25, 0.3) is 0 Å². The number of rotatable bonds is 1. The van der Waals surface area contributed by atoms with Gasteiger partial charge in [0.2, 0.25) is 11.8 Å². The Morgan fingerprint density at radius 2 is 1.94 bits per heavy atom. The molecule has 0 aromatic carbocycles. The molecule has 1 unspecified atom stereocenters. The van der Waals surface area contributed by atoms with Crippen molar-refractivity contribution in [3.8, 4) is 0 Å². The number of carbonyl (C=O) groups is 2. The van der Waals surface area contributed by atoms with Crippen molar-refractivity contribution in [2.75, 3.05) is 13.1 Å². The Labute approximate surface area is 102 Å². The maximum Gasteiger partial charge on any atom is 0.245 e. The van der Waals surface area contributed by atoms with Gasteiger partial charge in [0.1, 0.15) is 6.04 Å². The number of nitrogens with zero attached hydrogens (tertiary/aromatic N) is 2. The Morgan fingerprint density at radius 3 is 2.65 bits per heavy atom. The van der Waals surface area contributed by atoms with Crippen molar-refractivity contribution in [3.63, 3.8) is 0 Å².